The molecule has 0 amide bonds. The summed E-state index contributed by atoms with van der Waals surface area (Å²) in [6.07, 6.45) is 0. The van der Waals surface area contributed by atoms with E-state index in [1.807, 2.05) is 30.3 Å². The predicted molar refractivity (Wildman–Crippen MR) is 258 cm³/mol. The Morgan fingerprint density at radius 1 is 0.333 bits per heavy atom. The first kappa shape index (κ1) is 35.2. The highest BCUT2D eigenvalue weighted by atomic mass is 16.3. The molecule has 0 N–H and O–H groups in total. The minimum atomic E-state index is 0.544. The topological polar surface area (TPSA) is 61.7 Å². The van der Waals surface area contributed by atoms with Crippen molar-refractivity contribution < 1.29 is 4.42 Å². The van der Waals surface area contributed by atoms with Gasteiger partial charge >= 0.3 is 0 Å². The van der Waals surface area contributed by atoms with Gasteiger partial charge in [0.1, 0.15) is 11.2 Å². The highest BCUT2D eigenvalue weighted by Crippen LogP contribution is 2.44. The second-order valence-corrected chi connectivity index (χ2v) is 16.0. The lowest BCUT2D eigenvalue weighted by Gasteiger charge is -2.14. The Bertz CT molecular complexity index is 3890. The van der Waals surface area contributed by atoms with E-state index in [4.69, 9.17) is 19.4 Å². The first-order chi connectivity index (χ1) is 31.2. The van der Waals surface area contributed by atoms with Crippen LogP contribution >= 0.6 is 0 Å². The number of benzene rings is 9. The summed E-state index contributed by atoms with van der Waals surface area (Å²) in [6.45, 7) is 0. The second kappa shape index (κ2) is 14.0. The molecule has 13 aromatic rings. The standard InChI is InChI=1S/C57H35N5O/c1-4-16-36(17-5-1)37-28-30-40(31-29-37)56-58-55(39-20-8-3-9-21-39)59-57(60-56)62-50-26-14-11-23-43(50)46-33-32-45-42-22-10-13-25-49(42)61(52(45)53(46)62)41-34-47(38-18-6-2-7-19-38)54-48(35-41)44-24-12-15-27-51(44)63-54/h1-35H. The van der Waals surface area contributed by atoms with Crippen LogP contribution in [0.5, 0.6) is 0 Å². The smallest absolute Gasteiger partial charge is 0.238 e. The monoisotopic (exact) mass is 805 g/mol. The van der Waals surface area contributed by atoms with Crippen molar-refractivity contribution in [3.63, 3.8) is 0 Å². The van der Waals surface area contributed by atoms with Gasteiger partial charge in [0.05, 0.1) is 22.1 Å². The van der Waals surface area contributed by atoms with Gasteiger partial charge in [-0.05, 0) is 47.0 Å². The lowest BCUT2D eigenvalue weighted by molar-refractivity contribution is 0.670. The zero-order valence-electron chi connectivity index (χ0n) is 33.9. The molecule has 6 heteroatoms. The van der Waals surface area contributed by atoms with Crippen LogP contribution < -0.4 is 0 Å². The van der Waals surface area contributed by atoms with Gasteiger partial charge in [-0.2, -0.15) is 9.97 Å². The van der Waals surface area contributed by atoms with Crippen LogP contribution in [0.25, 0.3) is 122 Å². The summed E-state index contributed by atoms with van der Waals surface area (Å²) in [4.78, 5) is 15.9. The van der Waals surface area contributed by atoms with Gasteiger partial charge in [0.25, 0.3) is 0 Å². The fourth-order valence-electron chi connectivity index (χ4n) is 9.50. The molecular formula is C57H35N5O. The van der Waals surface area contributed by atoms with E-state index in [-0.39, 0.29) is 0 Å². The van der Waals surface area contributed by atoms with Crippen molar-refractivity contribution in [1.82, 2.24) is 24.1 Å². The maximum absolute atomic E-state index is 6.66. The molecule has 0 spiro atoms. The zero-order valence-corrected chi connectivity index (χ0v) is 33.9. The molecule has 6 nitrogen and oxygen atoms in total. The molecule has 0 bridgehead atoms. The summed E-state index contributed by atoms with van der Waals surface area (Å²) in [5.41, 5.74) is 13.2. The van der Waals surface area contributed by atoms with E-state index in [2.05, 4.69) is 191 Å². The SMILES string of the molecule is c1ccc(-c2ccc(-c3nc(-c4ccccc4)nc(-n4c5ccccc5c5ccc6c7ccccc7n(-c7cc(-c8ccccc8)c8oc9ccccc9c8c7)c6c54)n3)cc2)cc1. The molecule has 0 unspecified atom stereocenters. The molecule has 13 rings (SSSR count). The number of hydrogen-bond acceptors (Lipinski definition) is 4. The lowest BCUT2D eigenvalue weighted by atomic mass is 10.0. The maximum atomic E-state index is 6.66. The minimum absolute atomic E-state index is 0.544. The van der Waals surface area contributed by atoms with Crippen molar-refractivity contribution in [1.29, 1.82) is 0 Å². The van der Waals surface area contributed by atoms with Crippen LogP contribution in [0.2, 0.25) is 0 Å². The van der Waals surface area contributed by atoms with Gasteiger partial charge in [0.2, 0.25) is 5.95 Å². The lowest BCUT2D eigenvalue weighted by Crippen LogP contribution is -2.07. The fraction of sp³-hybridized carbons (Fsp3) is 0. The van der Waals surface area contributed by atoms with Crippen molar-refractivity contribution in [3.8, 4) is 56.7 Å². The Morgan fingerprint density at radius 2 is 0.810 bits per heavy atom. The molecule has 0 aliphatic rings. The molecule has 9 aromatic carbocycles. The number of aromatic nitrogens is 5. The second-order valence-electron chi connectivity index (χ2n) is 16.0. The van der Waals surface area contributed by atoms with Crippen LogP contribution in [0.15, 0.2) is 217 Å². The number of furan rings is 1. The van der Waals surface area contributed by atoms with Crippen LogP contribution in [0.4, 0.5) is 0 Å². The van der Waals surface area contributed by atoms with Crippen LogP contribution in [0.1, 0.15) is 0 Å². The molecule has 0 aliphatic heterocycles. The van der Waals surface area contributed by atoms with Crippen molar-refractivity contribution in [2.24, 2.45) is 0 Å². The molecule has 63 heavy (non-hydrogen) atoms. The van der Waals surface area contributed by atoms with Crippen molar-refractivity contribution in [2.45, 2.75) is 0 Å². The summed E-state index contributed by atoms with van der Waals surface area (Å²) in [5.74, 6) is 1.75. The molecule has 0 saturated heterocycles. The molecule has 294 valence electrons. The molecule has 0 atom stereocenters. The van der Waals surface area contributed by atoms with Gasteiger partial charge in [-0.25, -0.2) is 4.98 Å². The Kier molecular flexibility index (Phi) is 7.80. The highest BCUT2D eigenvalue weighted by molar-refractivity contribution is 6.24. The van der Waals surface area contributed by atoms with Crippen LogP contribution in [-0.2, 0) is 0 Å². The Hall–Kier alpha value is -8.61. The third-order valence-corrected chi connectivity index (χ3v) is 12.4. The average molecular weight is 806 g/mol. The molecule has 0 aliphatic carbocycles. The molecule has 4 heterocycles. The van der Waals surface area contributed by atoms with E-state index in [1.54, 1.807) is 0 Å². The van der Waals surface area contributed by atoms with E-state index in [0.717, 1.165) is 105 Å². The minimum Gasteiger partial charge on any atom is -0.455 e. The molecule has 0 fully saturated rings. The van der Waals surface area contributed by atoms with Crippen LogP contribution in [-0.4, -0.2) is 24.1 Å². The van der Waals surface area contributed by atoms with Gasteiger partial charge in [-0.1, -0.05) is 182 Å². The molecule has 4 aromatic heterocycles. The third-order valence-electron chi connectivity index (χ3n) is 12.4. The Balaban J connectivity index is 1.14. The summed E-state index contributed by atoms with van der Waals surface area (Å²) >= 11 is 0. The average Bonchev–Trinajstić information content (AvgIpc) is 4.02. The summed E-state index contributed by atoms with van der Waals surface area (Å²) in [7, 11) is 0. The summed E-state index contributed by atoms with van der Waals surface area (Å²) < 4.78 is 11.3. The first-order valence-electron chi connectivity index (χ1n) is 21.2. The number of fused-ring (bicyclic) bond motifs is 10. The zero-order chi connectivity index (χ0) is 41.4. The highest BCUT2D eigenvalue weighted by Gasteiger charge is 2.25. The third kappa shape index (κ3) is 5.55. The summed E-state index contributed by atoms with van der Waals surface area (Å²) in [5, 5.41) is 6.65. The van der Waals surface area contributed by atoms with Crippen molar-refractivity contribution in [2.75, 3.05) is 0 Å². The Labute approximate surface area is 361 Å². The normalized spacial score (nSPS) is 11.8. The van der Waals surface area contributed by atoms with Gasteiger partial charge in [-0.15, -0.1) is 0 Å². The fourth-order valence-corrected chi connectivity index (χ4v) is 9.50. The van der Waals surface area contributed by atoms with Gasteiger partial charge in [-0.3, -0.25) is 4.57 Å². The van der Waals surface area contributed by atoms with Gasteiger partial charge in [0.15, 0.2) is 11.6 Å². The summed E-state index contributed by atoms with van der Waals surface area (Å²) in [6, 6.07) is 74.4. The van der Waals surface area contributed by atoms with Gasteiger partial charge < -0.3 is 8.98 Å². The number of hydrogen-bond donors (Lipinski definition) is 0. The molecule has 0 radical (unpaired) electrons. The van der Waals surface area contributed by atoms with E-state index in [1.165, 1.54) is 0 Å². The van der Waals surface area contributed by atoms with Crippen molar-refractivity contribution >= 4 is 65.6 Å². The van der Waals surface area contributed by atoms with E-state index < -0.39 is 0 Å². The van der Waals surface area contributed by atoms with E-state index in [9.17, 15) is 0 Å². The van der Waals surface area contributed by atoms with E-state index >= 15 is 0 Å². The quantitative estimate of drug-likeness (QED) is 0.168. The number of nitrogens with zero attached hydrogens (tertiary/aromatic N) is 5. The molecular weight excluding hydrogens is 771 g/mol. The van der Waals surface area contributed by atoms with Crippen LogP contribution in [0.3, 0.4) is 0 Å². The van der Waals surface area contributed by atoms with Gasteiger partial charge in [0, 0.05) is 54.7 Å². The number of rotatable bonds is 6. The van der Waals surface area contributed by atoms with Crippen LogP contribution in [0, 0.1) is 0 Å². The van der Waals surface area contributed by atoms with E-state index in [0.29, 0.717) is 17.6 Å². The predicted octanol–water partition coefficient (Wildman–Crippen LogP) is 14.6. The van der Waals surface area contributed by atoms with Crippen molar-refractivity contribution in [3.05, 3.63) is 212 Å². The first-order valence-corrected chi connectivity index (χ1v) is 21.2. The maximum Gasteiger partial charge on any atom is 0.238 e. The Morgan fingerprint density at radius 3 is 1.46 bits per heavy atom. The largest absolute Gasteiger partial charge is 0.455 e. The number of para-hydroxylation sites is 3. The molecule has 0 saturated carbocycles.